The number of nitrogens with zero attached hydrogens (tertiary/aromatic N) is 2. The van der Waals surface area contributed by atoms with Gasteiger partial charge in [-0.25, -0.2) is 0 Å². The number of hydrogen-bond donors (Lipinski definition) is 0. The average molecular weight is 803 g/mol. The number of benzene rings is 10. The number of anilines is 3. The molecule has 0 radical (unpaired) electrons. The monoisotopic (exact) mass is 802 g/mol. The van der Waals surface area contributed by atoms with Gasteiger partial charge in [-0.05, 0) is 105 Å². The molecule has 1 heterocycles. The fourth-order valence-corrected chi connectivity index (χ4v) is 10.4. The fraction of sp³-hybridized carbons (Fsp3) is 0.0164. The zero-order valence-electron chi connectivity index (χ0n) is 34.6. The molecular formula is C61H42N2. The summed E-state index contributed by atoms with van der Waals surface area (Å²) < 4.78 is 2.39. The third-order valence-corrected chi connectivity index (χ3v) is 13.1. The molecule has 63 heavy (non-hydrogen) atoms. The first kappa shape index (κ1) is 36.6. The van der Waals surface area contributed by atoms with E-state index in [9.17, 15) is 0 Å². The van der Waals surface area contributed by atoms with Crippen LogP contribution in [0.1, 0.15) is 22.3 Å². The van der Waals surface area contributed by atoms with E-state index in [4.69, 9.17) is 0 Å². The Balaban J connectivity index is 1.08. The van der Waals surface area contributed by atoms with Crippen molar-refractivity contribution in [1.29, 1.82) is 0 Å². The van der Waals surface area contributed by atoms with Crippen LogP contribution in [0.3, 0.4) is 0 Å². The van der Waals surface area contributed by atoms with Crippen LogP contribution in [0.25, 0.3) is 60.9 Å². The van der Waals surface area contributed by atoms with E-state index >= 15 is 0 Å². The van der Waals surface area contributed by atoms with Crippen LogP contribution < -0.4 is 4.90 Å². The van der Waals surface area contributed by atoms with Gasteiger partial charge in [-0.2, -0.15) is 0 Å². The second-order valence-corrected chi connectivity index (χ2v) is 16.4. The molecule has 2 nitrogen and oxygen atoms in total. The lowest BCUT2D eigenvalue weighted by atomic mass is 9.67. The fourth-order valence-electron chi connectivity index (χ4n) is 10.4. The molecule has 0 fully saturated rings. The van der Waals surface area contributed by atoms with Gasteiger partial charge in [-0.1, -0.05) is 200 Å². The minimum atomic E-state index is -0.574. The van der Waals surface area contributed by atoms with Crippen LogP contribution in [0, 0.1) is 0 Å². The van der Waals surface area contributed by atoms with E-state index in [0.717, 1.165) is 22.7 Å². The maximum Gasteiger partial charge on any atom is 0.0734 e. The topological polar surface area (TPSA) is 8.17 Å². The van der Waals surface area contributed by atoms with Crippen LogP contribution in [-0.4, -0.2) is 4.57 Å². The third-order valence-electron chi connectivity index (χ3n) is 13.1. The van der Waals surface area contributed by atoms with Gasteiger partial charge in [0.25, 0.3) is 0 Å². The number of hydrogen-bond acceptors (Lipinski definition) is 1. The molecule has 0 N–H and O–H groups in total. The van der Waals surface area contributed by atoms with E-state index in [1.807, 2.05) is 0 Å². The lowest BCUT2D eigenvalue weighted by Crippen LogP contribution is -2.30. The summed E-state index contributed by atoms with van der Waals surface area (Å²) in [5.41, 5.74) is 18.6. The highest BCUT2D eigenvalue weighted by Gasteiger charge is 2.48. The van der Waals surface area contributed by atoms with Crippen molar-refractivity contribution < 1.29 is 0 Å². The summed E-state index contributed by atoms with van der Waals surface area (Å²) in [4.78, 5) is 2.48. The molecule has 11 aromatic rings. The Bertz CT molecular complexity index is 3370. The number of aromatic nitrogens is 1. The van der Waals surface area contributed by atoms with Crippen molar-refractivity contribution in [3.05, 3.63) is 277 Å². The van der Waals surface area contributed by atoms with Crippen LogP contribution in [0.5, 0.6) is 0 Å². The number of rotatable bonds is 8. The summed E-state index contributed by atoms with van der Waals surface area (Å²) in [5.74, 6) is 0. The van der Waals surface area contributed by atoms with E-state index in [-0.39, 0.29) is 0 Å². The van der Waals surface area contributed by atoms with Crippen molar-refractivity contribution in [3.63, 3.8) is 0 Å². The Hall–Kier alpha value is -8.20. The van der Waals surface area contributed by atoms with Crippen molar-refractivity contribution in [2.45, 2.75) is 5.41 Å². The summed E-state index contributed by atoms with van der Waals surface area (Å²) in [6, 6.07) is 93.2. The molecular weight excluding hydrogens is 761 g/mol. The smallest absolute Gasteiger partial charge is 0.0734 e. The molecule has 0 spiro atoms. The minimum absolute atomic E-state index is 0.574. The highest BCUT2D eigenvalue weighted by molar-refractivity contribution is 6.15. The van der Waals surface area contributed by atoms with E-state index in [1.54, 1.807) is 0 Å². The van der Waals surface area contributed by atoms with Gasteiger partial charge in [-0.15, -0.1) is 0 Å². The molecule has 0 amide bonds. The predicted octanol–water partition coefficient (Wildman–Crippen LogP) is 16.0. The Kier molecular flexibility index (Phi) is 8.76. The average Bonchev–Trinajstić information content (AvgIpc) is 3.87. The molecule has 0 bridgehead atoms. The van der Waals surface area contributed by atoms with Gasteiger partial charge in [0.15, 0.2) is 0 Å². The molecule has 0 unspecified atom stereocenters. The molecule has 2 heteroatoms. The van der Waals surface area contributed by atoms with Gasteiger partial charge >= 0.3 is 0 Å². The van der Waals surface area contributed by atoms with Crippen molar-refractivity contribution in [1.82, 2.24) is 4.57 Å². The first-order chi connectivity index (χ1) is 31.3. The zero-order chi connectivity index (χ0) is 41.7. The van der Waals surface area contributed by atoms with Crippen LogP contribution in [0.15, 0.2) is 255 Å². The van der Waals surface area contributed by atoms with Crippen LogP contribution in [0.2, 0.25) is 0 Å². The van der Waals surface area contributed by atoms with Gasteiger partial charge in [0.2, 0.25) is 0 Å². The molecule has 296 valence electrons. The molecule has 0 aliphatic heterocycles. The molecule has 12 rings (SSSR count). The van der Waals surface area contributed by atoms with Crippen molar-refractivity contribution >= 4 is 38.9 Å². The van der Waals surface area contributed by atoms with Gasteiger partial charge in [0.05, 0.1) is 22.1 Å². The van der Waals surface area contributed by atoms with Crippen LogP contribution in [0.4, 0.5) is 17.1 Å². The van der Waals surface area contributed by atoms with E-state index in [1.165, 1.54) is 77.4 Å². The highest BCUT2D eigenvalue weighted by Crippen LogP contribution is 2.60. The molecule has 0 atom stereocenters. The Morgan fingerprint density at radius 2 is 0.825 bits per heavy atom. The predicted molar refractivity (Wildman–Crippen MR) is 264 cm³/mol. The molecule has 1 aliphatic rings. The minimum Gasteiger partial charge on any atom is -0.310 e. The number of para-hydroxylation sites is 2. The molecule has 0 saturated heterocycles. The molecule has 0 saturated carbocycles. The normalized spacial score (nSPS) is 12.6. The summed E-state index contributed by atoms with van der Waals surface area (Å²) >= 11 is 0. The lowest BCUT2D eigenvalue weighted by molar-refractivity contribution is 0.768. The maximum absolute atomic E-state index is 2.48. The Labute approximate surface area is 368 Å². The summed E-state index contributed by atoms with van der Waals surface area (Å²) in [7, 11) is 0. The summed E-state index contributed by atoms with van der Waals surface area (Å²) in [6.45, 7) is 0. The van der Waals surface area contributed by atoms with Crippen molar-refractivity contribution in [2.75, 3.05) is 4.90 Å². The highest BCUT2D eigenvalue weighted by atomic mass is 15.1. The summed E-state index contributed by atoms with van der Waals surface area (Å²) in [6.07, 6.45) is 0. The molecule has 10 aromatic carbocycles. The third kappa shape index (κ3) is 5.80. The quantitative estimate of drug-likeness (QED) is 0.149. The van der Waals surface area contributed by atoms with Gasteiger partial charge in [-0.3, -0.25) is 0 Å². The van der Waals surface area contributed by atoms with Crippen LogP contribution in [-0.2, 0) is 5.41 Å². The van der Waals surface area contributed by atoms with Gasteiger partial charge < -0.3 is 9.47 Å². The zero-order valence-corrected chi connectivity index (χ0v) is 34.6. The second kappa shape index (κ2) is 15.1. The van der Waals surface area contributed by atoms with Crippen molar-refractivity contribution in [3.8, 4) is 39.1 Å². The Morgan fingerprint density at radius 3 is 1.51 bits per heavy atom. The van der Waals surface area contributed by atoms with Crippen molar-refractivity contribution in [2.24, 2.45) is 0 Å². The van der Waals surface area contributed by atoms with Gasteiger partial charge in [0, 0.05) is 33.4 Å². The largest absolute Gasteiger partial charge is 0.310 e. The first-order valence-corrected chi connectivity index (χ1v) is 21.8. The standard InChI is InChI=1S/C61H42N2/c1-5-19-43(20-6-1)44-35-39-49(40-36-44)62(50-41-37-45(38-42-50)51-29-17-33-57-59(51)54-28-14-16-32-56(54)63(57)48-25-11-4-12-26-48)58-34-18-30-53-52-27-13-15-31-55(52)61(60(53)58,46-21-7-2-8-22-46)47-23-9-3-10-24-47/h1-42H. The lowest BCUT2D eigenvalue weighted by Gasteiger charge is -2.38. The van der Waals surface area contributed by atoms with Crippen LogP contribution >= 0.6 is 0 Å². The Morgan fingerprint density at radius 1 is 0.333 bits per heavy atom. The second-order valence-electron chi connectivity index (χ2n) is 16.4. The van der Waals surface area contributed by atoms with Gasteiger partial charge in [0.1, 0.15) is 0 Å². The SMILES string of the molecule is c1ccc(-c2ccc(N(c3ccc(-c4cccc5c4c4ccccc4n5-c4ccccc4)cc3)c3cccc4c3C(c3ccccc3)(c3ccccc3)c3ccccc3-4)cc2)cc1. The summed E-state index contributed by atoms with van der Waals surface area (Å²) in [5, 5.41) is 2.50. The van der Waals surface area contributed by atoms with E-state index in [0.29, 0.717) is 0 Å². The van der Waals surface area contributed by atoms with E-state index in [2.05, 4.69) is 264 Å². The molecule has 1 aromatic heterocycles. The first-order valence-electron chi connectivity index (χ1n) is 21.8. The number of fused-ring (bicyclic) bond motifs is 6. The van der Waals surface area contributed by atoms with E-state index < -0.39 is 5.41 Å². The molecule has 1 aliphatic carbocycles. The maximum atomic E-state index is 2.48.